The van der Waals surface area contributed by atoms with Crippen LogP contribution in [0.4, 0.5) is 0 Å². The smallest absolute Gasteiger partial charge is 0.309 e. The van der Waals surface area contributed by atoms with Crippen molar-refractivity contribution in [3.8, 4) is 0 Å². The van der Waals surface area contributed by atoms with E-state index in [0.29, 0.717) is 5.92 Å². The molecule has 5 atom stereocenters. The molecule has 1 amide bonds. The van der Waals surface area contributed by atoms with Crippen LogP contribution in [0.2, 0.25) is 0 Å². The third kappa shape index (κ3) is 2.33. The molecule has 6 heteroatoms. The Morgan fingerprint density at radius 1 is 1.48 bits per heavy atom. The highest BCUT2D eigenvalue weighted by atomic mass is 32.1. The second-order valence-corrected chi connectivity index (χ2v) is 7.34. The van der Waals surface area contributed by atoms with Gasteiger partial charge in [-0.15, -0.1) is 0 Å². The molecule has 1 aliphatic heterocycles. The molecule has 2 saturated carbocycles. The fraction of sp³-hybridized carbons (Fsp3) is 0.800. The monoisotopic (exact) mass is 311 g/mol. The Labute approximate surface area is 129 Å². The molecule has 2 bridgehead atoms. The molecule has 1 saturated heterocycles. The fourth-order valence-corrected chi connectivity index (χ4v) is 3.84. The third-order valence-electron chi connectivity index (χ3n) is 5.37. The van der Waals surface area contributed by atoms with Crippen molar-refractivity contribution in [2.24, 2.45) is 23.2 Å². The fourth-order valence-electron chi connectivity index (χ4n) is 3.64. The Hall–Kier alpha value is -1.17. The van der Waals surface area contributed by atoms with Crippen LogP contribution in [0.3, 0.4) is 0 Å². The lowest BCUT2D eigenvalue weighted by molar-refractivity contribution is -0.145. The summed E-state index contributed by atoms with van der Waals surface area (Å²) < 4.78 is 11.2. The van der Waals surface area contributed by atoms with Crippen molar-refractivity contribution in [1.82, 2.24) is 5.32 Å². The number of carbonyl (C=O) groups is 2. The van der Waals surface area contributed by atoms with Crippen LogP contribution in [0.15, 0.2) is 0 Å². The summed E-state index contributed by atoms with van der Waals surface area (Å²) in [5, 5.41) is 2.75. The molecule has 3 aliphatic rings. The number of rotatable bonds is 3. The van der Waals surface area contributed by atoms with Gasteiger partial charge in [0.25, 0.3) is 5.17 Å². The number of esters is 1. The second-order valence-electron chi connectivity index (χ2n) is 6.96. The molecule has 0 radical (unpaired) electrons. The maximum Gasteiger partial charge on any atom is 0.309 e. The molecular formula is C15H21NO4S. The van der Waals surface area contributed by atoms with Crippen molar-refractivity contribution in [2.45, 2.75) is 52.2 Å². The maximum absolute atomic E-state index is 12.1. The Kier molecular flexibility index (Phi) is 3.47. The number of hydrogen-bond donors (Lipinski definition) is 1. The van der Waals surface area contributed by atoms with Crippen LogP contribution in [-0.4, -0.2) is 29.3 Å². The van der Waals surface area contributed by atoms with Crippen molar-refractivity contribution in [1.29, 1.82) is 0 Å². The van der Waals surface area contributed by atoms with Crippen LogP contribution in [0.25, 0.3) is 0 Å². The zero-order valence-corrected chi connectivity index (χ0v) is 13.4. The number of thiocarbonyl (C=S) groups is 1. The summed E-state index contributed by atoms with van der Waals surface area (Å²) in [6.45, 7) is 5.69. The van der Waals surface area contributed by atoms with Crippen molar-refractivity contribution < 1.29 is 19.1 Å². The van der Waals surface area contributed by atoms with Gasteiger partial charge in [-0.05, 0) is 31.5 Å². The SMILES string of the molecule is CCC(C)(C)C(=O)NC(=S)OC1C2CC3C(=O)OC1C3C2. The molecule has 3 fully saturated rings. The molecule has 0 aromatic heterocycles. The molecule has 0 aromatic carbocycles. The van der Waals surface area contributed by atoms with Gasteiger partial charge in [0.05, 0.1) is 5.92 Å². The van der Waals surface area contributed by atoms with Crippen molar-refractivity contribution in [3.63, 3.8) is 0 Å². The van der Waals surface area contributed by atoms with Gasteiger partial charge in [-0.3, -0.25) is 14.9 Å². The average Bonchev–Trinajstić information content (AvgIpc) is 3.03. The zero-order chi connectivity index (χ0) is 15.4. The molecule has 2 aliphatic carbocycles. The van der Waals surface area contributed by atoms with Gasteiger partial charge in [-0.2, -0.15) is 0 Å². The summed E-state index contributed by atoms with van der Waals surface area (Å²) in [5.74, 6) is 0.408. The largest absolute Gasteiger partial charge is 0.463 e. The van der Waals surface area contributed by atoms with Crippen LogP contribution in [0.1, 0.15) is 40.0 Å². The minimum atomic E-state index is -0.479. The summed E-state index contributed by atoms with van der Waals surface area (Å²) in [7, 11) is 0. The van der Waals surface area contributed by atoms with Crippen LogP contribution in [0, 0.1) is 23.2 Å². The quantitative estimate of drug-likeness (QED) is 0.636. The summed E-state index contributed by atoms with van der Waals surface area (Å²) in [6, 6.07) is 0. The number of amides is 1. The minimum absolute atomic E-state index is 0.0574. The van der Waals surface area contributed by atoms with Crippen molar-refractivity contribution in [2.75, 3.05) is 0 Å². The highest BCUT2D eigenvalue weighted by molar-refractivity contribution is 7.80. The van der Waals surface area contributed by atoms with E-state index < -0.39 is 5.41 Å². The van der Waals surface area contributed by atoms with E-state index in [1.54, 1.807) is 0 Å². The first-order valence-corrected chi connectivity index (χ1v) is 7.97. The van der Waals surface area contributed by atoms with Gasteiger partial charge >= 0.3 is 5.97 Å². The van der Waals surface area contributed by atoms with E-state index in [9.17, 15) is 9.59 Å². The summed E-state index contributed by atoms with van der Waals surface area (Å²) >= 11 is 5.15. The Bertz CT molecular complexity index is 504. The van der Waals surface area contributed by atoms with Gasteiger partial charge in [0, 0.05) is 17.3 Å². The predicted molar refractivity (Wildman–Crippen MR) is 79.3 cm³/mol. The molecule has 116 valence electrons. The average molecular weight is 311 g/mol. The van der Waals surface area contributed by atoms with Gasteiger partial charge in [-0.25, -0.2) is 0 Å². The lowest BCUT2D eigenvalue weighted by Gasteiger charge is -2.27. The van der Waals surface area contributed by atoms with Gasteiger partial charge in [0.1, 0.15) is 12.2 Å². The summed E-state index contributed by atoms with van der Waals surface area (Å²) in [5.41, 5.74) is -0.479. The lowest BCUT2D eigenvalue weighted by Crippen LogP contribution is -2.44. The molecule has 3 rings (SSSR count). The zero-order valence-electron chi connectivity index (χ0n) is 12.5. The highest BCUT2D eigenvalue weighted by Gasteiger charge is 2.63. The van der Waals surface area contributed by atoms with Crippen LogP contribution < -0.4 is 5.32 Å². The van der Waals surface area contributed by atoms with E-state index in [1.165, 1.54) is 0 Å². The lowest BCUT2D eigenvalue weighted by atomic mass is 9.88. The van der Waals surface area contributed by atoms with Gasteiger partial charge in [0.15, 0.2) is 0 Å². The normalized spacial score (nSPS) is 36.5. The van der Waals surface area contributed by atoms with Crippen LogP contribution in [-0.2, 0) is 19.1 Å². The van der Waals surface area contributed by atoms with E-state index in [0.717, 1.165) is 19.3 Å². The summed E-state index contributed by atoms with van der Waals surface area (Å²) in [4.78, 5) is 23.8. The van der Waals surface area contributed by atoms with E-state index in [-0.39, 0.29) is 41.1 Å². The van der Waals surface area contributed by atoms with Gasteiger partial charge < -0.3 is 9.47 Å². The predicted octanol–water partition coefficient (Wildman–Crippen LogP) is 1.79. The number of fused-ring (bicyclic) bond motifs is 1. The second kappa shape index (κ2) is 4.93. The maximum atomic E-state index is 12.1. The number of nitrogens with one attached hydrogen (secondary N) is 1. The van der Waals surface area contributed by atoms with Crippen LogP contribution in [0.5, 0.6) is 0 Å². The topological polar surface area (TPSA) is 64.6 Å². The first-order chi connectivity index (χ1) is 9.83. The molecule has 21 heavy (non-hydrogen) atoms. The standard InChI is InChI=1S/C15H21NO4S/c1-4-15(2,3)13(18)16-14(21)20-10-7-5-8-9(6-7)12(17)19-11(8)10/h7-11H,4-6H2,1-3H3,(H,16,18,21). The molecule has 1 N–H and O–H groups in total. The van der Waals surface area contributed by atoms with Crippen molar-refractivity contribution >= 4 is 29.3 Å². The first kappa shape index (κ1) is 14.8. The molecular weight excluding hydrogens is 290 g/mol. The number of hydrogen-bond acceptors (Lipinski definition) is 5. The molecule has 1 heterocycles. The van der Waals surface area contributed by atoms with Gasteiger partial charge in [0.2, 0.25) is 5.91 Å². The Balaban J connectivity index is 1.60. The Morgan fingerprint density at radius 2 is 2.19 bits per heavy atom. The molecule has 0 aromatic rings. The van der Waals surface area contributed by atoms with E-state index in [1.807, 2.05) is 20.8 Å². The minimum Gasteiger partial charge on any atom is -0.463 e. The summed E-state index contributed by atoms with van der Waals surface area (Å²) in [6.07, 6.45) is 2.12. The first-order valence-electron chi connectivity index (χ1n) is 7.56. The molecule has 0 spiro atoms. The number of carbonyl (C=O) groups excluding carboxylic acids is 2. The Morgan fingerprint density at radius 3 is 2.86 bits per heavy atom. The molecule has 5 unspecified atom stereocenters. The molecule has 5 nitrogen and oxygen atoms in total. The van der Waals surface area contributed by atoms with Crippen molar-refractivity contribution in [3.05, 3.63) is 0 Å². The van der Waals surface area contributed by atoms with E-state index in [4.69, 9.17) is 21.7 Å². The van der Waals surface area contributed by atoms with Crippen LogP contribution >= 0.6 is 12.2 Å². The number of ether oxygens (including phenoxy) is 2. The van der Waals surface area contributed by atoms with E-state index in [2.05, 4.69) is 5.32 Å². The third-order valence-corrected chi connectivity index (χ3v) is 5.57. The van der Waals surface area contributed by atoms with E-state index >= 15 is 0 Å². The highest BCUT2D eigenvalue weighted by Crippen LogP contribution is 2.55. The van der Waals surface area contributed by atoms with Gasteiger partial charge in [-0.1, -0.05) is 20.8 Å².